The minimum atomic E-state index is 0.425. The van der Waals surface area contributed by atoms with Crippen LogP contribution in [0, 0.1) is 12.8 Å². The van der Waals surface area contributed by atoms with Gasteiger partial charge in [0.1, 0.15) is 0 Å². The fourth-order valence-electron chi connectivity index (χ4n) is 2.64. The molecule has 1 unspecified atom stereocenters. The predicted molar refractivity (Wildman–Crippen MR) is 91.5 cm³/mol. The van der Waals surface area contributed by atoms with Gasteiger partial charge in [0.05, 0.1) is 0 Å². The van der Waals surface area contributed by atoms with Crippen molar-refractivity contribution in [2.24, 2.45) is 5.92 Å². The third-order valence-corrected chi connectivity index (χ3v) is 4.09. The molecule has 2 rings (SSSR count). The second-order valence-electron chi connectivity index (χ2n) is 6.17. The highest BCUT2D eigenvalue weighted by Gasteiger charge is 2.07. The molecule has 1 N–H and O–H groups in total. The molecular weight excluding hydrogens is 254 g/mol. The van der Waals surface area contributed by atoms with E-state index in [0.717, 1.165) is 6.54 Å². The number of aryl methyl sites for hydroxylation is 1. The highest BCUT2D eigenvalue weighted by atomic mass is 14.9. The van der Waals surface area contributed by atoms with Crippen LogP contribution in [0.2, 0.25) is 0 Å². The molecule has 2 atom stereocenters. The van der Waals surface area contributed by atoms with E-state index in [0.29, 0.717) is 12.0 Å². The van der Waals surface area contributed by atoms with E-state index in [2.05, 4.69) is 80.7 Å². The van der Waals surface area contributed by atoms with Crippen LogP contribution in [0.5, 0.6) is 0 Å². The molecule has 21 heavy (non-hydrogen) atoms. The Morgan fingerprint density at radius 1 is 0.905 bits per heavy atom. The molecule has 0 amide bonds. The SMILES string of the molecule is Cc1ccc([C@H](C)NCCC(C)Cc2ccccc2)cc1. The van der Waals surface area contributed by atoms with Crippen LogP contribution < -0.4 is 5.32 Å². The van der Waals surface area contributed by atoms with Crippen molar-refractivity contribution in [2.45, 2.75) is 39.7 Å². The molecule has 1 nitrogen and oxygen atoms in total. The Bertz CT molecular complexity index is 515. The fourth-order valence-corrected chi connectivity index (χ4v) is 2.64. The Kier molecular flexibility index (Phi) is 6.01. The summed E-state index contributed by atoms with van der Waals surface area (Å²) in [5.74, 6) is 0.713. The first-order chi connectivity index (χ1) is 10.1. The summed E-state index contributed by atoms with van der Waals surface area (Å²) in [6.45, 7) is 7.79. The Morgan fingerprint density at radius 3 is 2.24 bits per heavy atom. The quantitative estimate of drug-likeness (QED) is 0.760. The number of benzene rings is 2. The summed E-state index contributed by atoms with van der Waals surface area (Å²) in [6.07, 6.45) is 2.38. The summed E-state index contributed by atoms with van der Waals surface area (Å²) >= 11 is 0. The first-order valence-electron chi connectivity index (χ1n) is 7.99. The van der Waals surface area contributed by atoms with Gasteiger partial charge in [-0.2, -0.15) is 0 Å². The van der Waals surface area contributed by atoms with E-state index in [9.17, 15) is 0 Å². The molecule has 0 heterocycles. The standard InChI is InChI=1S/C20H27N/c1-16-9-11-20(12-10-16)18(3)21-14-13-17(2)15-19-7-5-4-6-8-19/h4-12,17-18,21H,13-15H2,1-3H3/t17?,18-/m0/s1. The van der Waals surface area contributed by atoms with E-state index in [4.69, 9.17) is 0 Å². The van der Waals surface area contributed by atoms with Crippen LogP contribution in [0.4, 0.5) is 0 Å². The zero-order valence-corrected chi connectivity index (χ0v) is 13.5. The van der Waals surface area contributed by atoms with Crippen molar-refractivity contribution >= 4 is 0 Å². The Balaban J connectivity index is 1.72. The van der Waals surface area contributed by atoms with Crippen LogP contribution in [-0.4, -0.2) is 6.54 Å². The molecule has 0 aliphatic rings. The van der Waals surface area contributed by atoms with Crippen molar-refractivity contribution in [1.82, 2.24) is 5.32 Å². The summed E-state index contributed by atoms with van der Waals surface area (Å²) < 4.78 is 0. The molecule has 2 aromatic rings. The molecule has 0 saturated heterocycles. The lowest BCUT2D eigenvalue weighted by molar-refractivity contribution is 0.471. The van der Waals surface area contributed by atoms with E-state index in [1.165, 1.54) is 29.5 Å². The highest BCUT2D eigenvalue weighted by Crippen LogP contribution is 2.15. The maximum Gasteiger partial charge on any atom is 0.0291 e. The second kappa shape index (κ2) is 7.99. The van der Waals surface area contributed by atoms with Gasteiger partial charge in [0.25, 0.3) is 0 Å². The molecule has 1 heteroatoms. The molecule has 0 saturated carbocycles. The molecule has 112 valence electrons. The molecule has 2 aromatic carbocycles. The molecule has 0 aliphatic carbocycles. The predicted octanol–water partition coefficient (Wildman–Crippen LogP) is 4.91. The van der Waals surface area contributed by atoms with Crippen LogP contribution in [0.1, 0.15) is 43.0 Å². The van der Waals surface area contributed by atoms with Gasteiger partial charge in [-0.05, 0) is 50.3 Å². The van der Waals surface area contributed by atoms with Gasteiger partial charge < -0.3 is 5.32 Å². The highest BCUT2D eigenvalue weighted by molar-refractivity contribution is 5.23. The first kappa shape index (κ1) is 15.8. The van der Waals surface area contributed by atoms with Crippen LogP contribution in [0.15, 0.2) is 54.6 Å². The smallest absolute Gasteiger partial charge is 0.0291 e. The van der Waals surface area contributed by atoms with Crippen molar-refractivity contribution in [3.05, 3.63) is 71.3 Å². The van der Waals surface area contributed by atoms with Crippen molar-refractivity contribution in [3.63, 3.8) is 0 Å². The van der Waals surface area contributed by atoms with Gasteiger partial charge >= 0.3 is 0 Å². The lowest BCUT2D eigenvalue weighted by Gasteiger charge is -2.17. The van der Waals surface area contributed by atoms with Crippen LogP contribution in [0.25, 0.3) is 0 Å². The van der Waals surface area contributed by atoms with Gasteiger partial charge in [-0.25, -0.2) is 0 Å². The average molecular weight is 281 g/mol. The van der Waals surface area contributed by atoms with Crippen molar-refractivity contribution in [1.29, 1.82) is 0 Å². The minimum Gasteiger partial charge on any atom is -0.310 e. The van der Waals surface area contributed by atoms with Gasteiger partial charge in [0.2, 0.25) is 0 Å². The zero-order valence-electron chi connectivity index (χ0n) is 13.5. The van der Waals surface area contributed by atoms with E-state index in [-0.39, 0.29) is 0 Å². The maximum absolute atomic E-state index is 3.64. The topological polar surface area (TPSA) is 12.0 Å². The number of rotatable bonds is 7. The summed E-state index contributed by atoms with van der Waals surface area (Å²) in [5.41, 5.74) is 4.13. The summed E-state index contributed by atoms with van der Waals surface area (Å²) in [7, 11) is 0. The molecule has 0 spiro atoms. The van der Waals surface area contributed by atoms with Gasteiger partial charge in [0.15, 0.2) is 0 Å². The normalized spacial score (nSPS) is 13.9. The lowest BCUT2D eigenvalue weighted by Crippen LogP contribution is -2.21. The molecule has 0 aromatic heterocycles. The molecule has 0 radical (unpaired) electrons. The number of nitrogens with one attached hydrogen (secondary N) is 1. The monoisotopic (exact) mass is 281 g/mol. The van der Waals surface area contributed by atoms with Crippen LogP contribution >= 0.6 is 0 Å². The third-order valence-electron chi connectivity index (χ3n) is 4.09. The van der Waals surface area contributed by atoms with Gasteiger partial charge in [-0.1, -0.05) is 67.1 Å². The van der Waals surface area contributed by atoms with Crippen molar-refractivity contribution in [2.75, 3.05) is 6.54 Å². The number of hydrogen-bond acceptors (Lipinski definition) is 1. The largest absolute Gasteiger partial charge is 0.310 e. The fraction of sp³-hybridized carbons (Fsp3) is 0.400. The van der Waals surface area contributed by atoms with E-state index in [1.54, 1.807) is 0 Å². The van der Waals surface area contributed by atoms with Gasteiger partial charge in [-0.3, -0.25) is 0 Å². The zero-order chi connectivity index (χ0) is 15.1. The minimum absolute atomic E-state index is 0.425. The Morgan fingerprint density at radius 2 is 1.57 bits per heavy atom. The van der Waals surface area contributed by atoms with Crippen molar-refractivity contribution in [3.8, 4) is 0 Å². The van der Waals surface area contributed by atoms with Gasteiger partial charge in [-0.15, -0.1) is 0 Å². The average Bonchev–Trinajstić information content (AvgIpc) is 2.49. The summed E-state index contributed by atoms with van der Waals surface area (Å²) in [6, 6.07) is 20.0. The van der Waals surface area contributed by atoms with Gasteiger partial charge in [0, 0.05) is 6.04 Å². The molecule has 0 fully saturated rings. The van der Waals surface area contributed by atoms with E-state index >= 15 is 0 Å². The molecular formula is C20H27N. The van der Waals surface area contributed by atoms with E-state index in [1.807, 2.05) is 0 Å². The lowest BCUT2D eigenvalue weighted by atomic mass is 9.98. The summed E-state index contributed by atoms with van der Waals surface area (Å²) in [4.78, 5) is 0. The first-order valence-corrected chi connectivity index (χ1v) is 7.99. The second-order valence-corrected chi connectivity index (χ2v) is 6.17. The molecule has 0 aliphatic heterocycles. The van der Waals surface area contributed by atoms with Crippen LogP contribution in [0.3, 0.4) is 0 Å². The summed E-state index contributed by atoms with van der Waals surface area (Å²) in [5, 5.41) is 3.64. The van der Waals surface area contributed by atoms with Crippen LogP contribution in [-0.2, 0) is 6.42 Å². The molecule has 0 bridgehead atoms. The van der Waals surface area contributed by atoms with E-state index < -0.39 is 0 Å². The Hall–Kier alpha value is -1.60. The third kappa shape index (κ3) is 5.35. The maximum atomic E-state index is 3.64. The number of hydrogen-bond donors (Lipinski definition) is 1. The Labute approximate surface area is 129 Å². The van der Waals surface area contributed by atoms with Crippen molar-refractivity contribution < 1.29 is 0 Å².